The molecule has 0 aliphatic carbocycles. The fourth-order valence-electron chi connectivity index (χ4n) is 3.73. The predicted molar refractivity (Wildman–Crippen MR) is 119 cm³/mol. The number of aromatic nitrogens is 2. The van der Waals surface area contributed by atoms with Crippen LogP contribution in [0.25, 0.3) is 11.0 Å². The molecule has 2 aromatic heterocycles. The van der Waals surface area contributed by atoms with Crippen LogP contribution in [0.1, 0.15) is 20.8 Å². The first kappa shape index (κ1) is 19.6. The van der Waals surface area contributed by atoms with Crippen LogP contribution in [0.2, 0.25) is 0 Å². The van der Waals surface area contributed by atoms with Crippen LogP contribution in [0.15, 0.2) is 63.6 Å². The Morgan fingerprint density at radius 2 is 1.87 bits per heavy atom. The molecular weight excluding hydrogens is 436 g/mol. The number of carbonyl (C=O) groups is 1. The van der Waals surface area contributed by atoms with Crippen molar-refractivity contribution in [2.45, 2.75) is 17.9 Å². The molecule has 0 saturated heterocycles. The number of sulfonamides is 1. The van der Waals surface area contributed by atoms with Crippen LogP contribution in [0.3, 0.4) is 0 Å². The Bertz CT molecular complexity index is 1470. The predicted octanol–water partition coefficient (Wildman–Crippen LogP) is 2.92. The lowest BCUT2D eigenvalue weighted by atomic mass is 10.1. The van der Waals surface area contributed by atoms with Crippen molar-refractivity contribution in [1.82, 2.24) is 14.9 Å². The molecule has 5 rings (SSSR count). The Balaban J connectivity index is 1.44. The molecule has 0 unspecified atom stereocenters. The van der Waals surface area contributed by atoms with Gasteiger partial charge in [-0.15, -0.1) is 11.3 Å². The van der Waals surface area contributed by atoms with Gasteiger partial charge in [-0.25, -0.2) is 13.2 Å². The minimum absolute atomic E-state index is 0.0154. The second kappa shape index (κ2) is 7.40. The number of hydrogen-bond donors (Lipinski definition) is 3. The number of rotatable bonds is 4. The molecular formula is C21H18N4O4S2. The van der Waals surface area contributed by atoms with E-state index in [0.717, 1.165) is 12.0 Å². The lowest BCUT2D eigenvalue weighted by molar-refractivity contribution is 0.0737. The zero-order valence-electron chi connectivity index (χ0n) is 16.2. The SMILES string of the molecule is O=C(c1ccccc1NS(=O)(=O)c1ccc2[nH]c(=O)[nH]c2c1)N1CCc2sccc2C1. The number of H-pyrrole nitrogens is 2. The number of nitrogens with zero attached hydrogens (tertiary/aromatic N) is 1. The van der Waals surface area contributed by atoms with E-state index in [0.29, 0.717) is 29.7 Å². The van der Waals surface area contributed by atoms with Gasteiger partial charge in [0.2, 0.25) is 0 Å². The van der Waals surface area contributed by atoms with Gasteiger partial charge in [-0.2, -0.15) is 0 Å². The summed E-state index contributed by atoms with van der Waals surface area (Å²) in [5.74, 6) is -0.222. The second-order valence-electron chi connectivity index (χ2n) is 7.28. The first-order chi connectivity index (χ1) is 14.9. The summed E-state index contributed by atoms with van der Waals surface area (Å²) in [4.78, 5) is 32.8. The highest BCUT2D eigenvalue weighted by atomic mass is 32.2. The molecule has 1 amide bonds. The summed E-state index contributed by atoms with van der Waals surface area (Å²) >= 11 is 1.69. The van der Waals surface area contributed by atoms with Crippen molar-refractivity contribution < 1.29 is 13.2 Å². The van der Waals surface area contributed by atoms with Gasteiger partial charge in [0.05, 0.1) is 27.2 Å². The number of imidazole rings is 1. The summed E-state index contributed by atoms with van der Waals surface area (Å²) in [5.41, 5.74) is 2.13. The van der Waals surface area contributed by atoms with Crippen LogP contribution in [0.5, 0.6) is 0 Å². The fourth-order valence-corrected chi connectivity index (χ4v) is 5.73. The van der Waals surface area contributed by atoms with E-state index in [4.69, 9.17) is 0 Å². The van der Waals surface area contributed by atoms with Gasteiger partial charge in [-0.3, -0.25) is 9.52 Å². The number of amides is 1. The van der Waals surface area contributed by atoms with Crippen molar-refractivity contribution in [3.8, 4) is 0 Å². The molecule has 10 heteroatoms. The van der Waals surface area contributed by atoms with Crippen LogP contribution >= 0.6 is 11.3 Å². The lowest BCUT2D eigenvalue weighted by Gasteiger charge is -2.27. The summed E-state index contributed by atoms with van der Waals surface area (Å²) in [5, 5.41) is 2.02. The largest absolute Gasteiger partial charge is 0.334 e. The van der Waals surface area contributed by atoms with Gasteiger partial charge in [-0.05, 0) is 53.8 Å². The third-order valence-corrected chi connectivity index (χ3v) is 7.68. The molecule has 158 valence electrons. The number of benzene rings is 2. The van der Waals surface area contributed by atoms with Gasteiger partial charge in [-0.1, -0.05) is 12.1 Å². The maximum Gasteiger partial charge on any atom is 0.323 e. The molecule has 8 nitrogen and oxygen atoms in total. The van der Waals surface area contributed by atoms with Crippen molar-refractivity contribution in [1.29, 1.82) is 0 Å². The third kappa shape index (κ3) is 3.64. The number of fused-ring (bicyclic) bond motifs is 2. The maximum atomic E-state index is 13.2. The Morgan fingerprint density at radius 1 is 1.06 bits per heavy atom. The minimum atomic E-state index is -3.98. The van der Waals surface area contributed by atoms with Crippen LogP contribution < -0.4 is 10.4 Å². The van der Waals surface area contributed by atoms with E-state index < -0.39 is 15.7 Å². The van der Waals surface area contributed by atoms with E-state index in [2.05, 4.69) is 14.7 Å². The first-order valence-corrected chi connectivity index (χ1v) is 12.0. The van der Waals surface area contributed by atoms with E-state index in [9.17, 15) is 18.0 Å². The highest BCUT2D eigenvalue weighted by Crippen LogP contribution is 2.27. The molecule has 0 radical (unpaired) electrons. The lowest BCUT2D eigenvalue weighted by Crippen LogP contribution is -2.35. The Kier molecular flexibility index (Phi) is 4.67. The summed E-state index contributed by atoms with van der Waals surface area (Å²) in [6.45, 7) is 1.10. The van der Waals surface area contributed by atoms with Gasteiger partial charge in [0.15, 0.2) is 0 Å². The molecule has 1 aliphatic heterocycles. The van der Waals surface area contributed by atoms with E-state index in [1.165, 1.54) is 23.1 Å². The van der Waals surface area contributed by atoms with Crippen LogP contribution in [-0.4, -0.2) is 35.7 Å². The second-order valence-corrected chi connectivity index (χ2v) is 9.97. The molecule has 0 bridgehead atoms. The third-order valence-electron chi connectivity index (χ3n) is 5.29. The van der Waals surface area contributed by atoms with Gasteiger partial charge in [0, 0.05) is 18.0 Å². The molecule has 0 atom stereocenters. The molecule has 31 heavy (non-hydrogen) atoms. The molecule has 0 saturated carbocycles. The van der Waals surface area contributed by atoms with E-state index >= 15 is 0 Å². The average Bonchev–Trinajstić information content (AvgIpc) is 3.37. The molecule has 0 spiro atoms. The minimum Gasteiger partial charge on any atom is -0.334 e. The fraction of sp³-hybridized carbons (Fsp3) is 0.143. The molecule has 2 aromatic carbocycles. The highest BCUT2D eigenvalue weighted by Gasteiger charge is 2.25. The molecule has 0 fully saturated rings. The van der Waals surface area contributed by atoms with E-state index in [1.54, 1.807) is 40.5 Å². The van der Waals surface area contributed by atoms with Crippen molar-refractivity contribution in [3.05, 3.63) is 80.4 Å². The molecule has 1 aliphatic rings. The summed E-state index contributed by atoms with van der Waals surface area (Å²) in [6, 6.07) is 12.9. The quantitative estimate of drug-likeness (QED) is 0.440. The summed E-state index contributed by atoms with van der Waals surface area (Å²) < 4.78 is 28.5. The number of thiophene rings is 1. The Hall–Kier alpha value is -3.37. The number of nitrogens with one attached hydrogen (secondary N) is 3. The smallest absolute Gasteiger partial charge is 0.323 e. The zero-order valence-corrected chi connectivity index (χ0v) is 17.8. The monoisotopic (exact) mass is 454 g/mol. The normalized spacial score (nSPS) is 13.9. The number of para-hydroxylation sites is 1. The Morgan fingerprint density at radius 3 is 2.74 bits per heavy atom. The van der Waals surface area contributed by atoms with Crippen molar-refractivity contribution in [2.24, 2.45) is 0 Å². The number of hydrogen-bond acceptors (Lipinski definition) is 5. The standard InChI is InChI=1S/C21H18N4O4S2/c26-20(25-9-7-19-13(12-25)8-10-30-19)15-3-1-2-4-16(15)24-31(28,29)14-5-6-17-18(11-14)23-21(27)22-17/h1-6,8,10-11,24H,7,9,12H2,(H2,22,23,27). The van der Waals surface area contributed by atoms with Crippen LogP contribution in [0, 0.1) is 0 Å². The number of carbonyl (C=O) groups excluding carboxylic acids is 1. The van der Waals surface area contributed by atoms with Gasteiger partial charge in [0.25, 0.3) is 15.9 Å². The average molecular weight is 455 g/mol. The Labute approximate surface area is 181 Å². The summed E-state index contributed by atoms with van der Waals surface area (Å²) in [6.07, 6.45) is 0.793. The first-order valence-electron chi connectivity index (χ1n) is 9.59. The van der Waals surface area contributed by atoms with Gasteiger partial charge >= 0.3 is 5.69 Å². The van der Waals surface area contributed by atoms with Gasteiger partial charge in [0.1, 0.15) is 0 Å². The van der Waals surface area contributed by atoms with Crippen molar-refractivity contribution in [3.63, 3.8) is 0 Å². The highest BCUT2D eigenvalue weighted by molar-refractivity contribution is 7.92. The van der Waals surface area contributed by atoms with Crippen LogP contribution in [-0.2, 0) is 23.0 Å². The molecule has 3 heterocycles. The van der Waals surface area contributed by atoms with Crippen molar-refractivity contribution >= 4 is 44.0 Å². The molecule has 3 N–H and O–H groups in total. The summed E-state index contributed by atoms with van der Waals surface area (Å²) in [7, 11) is -3.98. The van der Waals surface area contributed by atoms with Gasteiger partial charge < -0.3 is 14.9 Å². The zero-order chi connectivity index (χ0) is 21.6. The van der Waals surface area contributed by atoms with E-state index in [-0.39, 0.29) is 16.5 Å². The number of anilines is 1. The van der Waals surface area contributed by atoms with E-state index in [1.807, 2.05) is 11.4 Å². The van der Waals surface area contributed by atoms with Crippen molar-refractivity contribution in [2.75, 3.05) is 11.3 Å². The number of aromatic amines is 2. The topological polar surface area (TPSA) is 115 Å². The maximum absolute atomic E-state index is 13.2. The van der Waals surface area contributed by atoms with Crippen LogP contribution in [0.4, 0.5) is 5.69 Å². The molecule has 4 aromatic rings.